The molecular weight excluding hydrogens is 434 g/mol. The summed E-state index contributed by atoms with van der Waals surface area (Å²) in [7, 11) is 0. The molecule has 0 radical (unpaired) electrons. The molecule has 10 heteroatoms. The Kier molecular flexibility index (Phi) is 5.45. The van der Waals surface area contributed by atoms with Crippen molar-refractivity contribution in [3.8, 4) is 0 Å². The van der Waals surface area contributed by atoms with Crippen molar-refractivity contribution in [1.29, 1.82) is 0 Å². The van der Waals surface area contributed by atoms with Crippen molar-refractivity contribution in [2.24, 2.45) is 5.92 Å². The van der Waals surface area contributed by atoms with E-state index >= 15 is 0 Å². The molecule has 1 N–H and O–H groups in total. The summed E-state index contributed by atoms with van der Waals surface area (Å²) in [6.07, 6.45) is 2.62. The molecule has 1 aliphatic heterocycles. The van der Waals surface area contributed by atoms with E-state index in [1.165, 1.54) is 0 Å². The molecule has 0 bridgehead atoms. The molecule has 1 aliphatic carbocycles. The summed E-state index contributed by atoms with van der Waals surface area (Å²) in [5.74, 6) is 0.306. The van der Waals surface area contributed by atoms with Crippen LogP contribution in [0, 0.1) is 5.92 Å². The van der Waals surface area contributed by atoms with E-state index in [1.807, 2.05) is 18.5 Å². The zero-order valence-corrected chi connectivity index (χ0v) is 18.0. The molecule has 0 amide bonds. The lowest BCUT2D eigenvalue weighted by molar-refractivity contribution is -0.162. The van der Waals surface area contributed by atoms with Gasteiger partial charge in [-0.15, -0.1) is 5.10 Å². The number of aliphatic hydroxyl groups excluding tert-OH is 1. The largest absolute Gasteiger partial charge is 0.396 e. The van der Waals surface area contributed by atoms with Crippen LogP contribution in [0.15, 0.2) is 9.76 Å². The lowest BCUT2D eigenvalue weighted by Gasteiger charge is -2.23. The number of nitrogens with zero attached hydrogens (tertiary/aromatic N) is 5. The Balaban J connectivity index is 1.69. The number of ether oxygens (including phenoxy) is 2. The smallest absolute Gasteiger partial charge is 0.190 e. The van der Waals surface area contributed by atoms with Crippen molar-refractivity contribution in [2.75, 3.05) is 12.4 Å². The summed E-state index contributed by atoms with van der Waals surface area (Å²) < 4.78 is 14.7. The maximum atomic E-state index is 9.80. The van der Waals surface area contributed by atoms with Crippen molar-refractivity contribution in [2.45, 2.75) is 69.2 Å². The summed E-state index contributed by atoms with van der Waals surface area (Å²) in [6.45, 7) is 6.02. The minimum atomic E-state index is -0.672. The molecule has 2 fully saturated rings. The monoisotopic (exact) mass is 457 g/mol. The second-order valence-electron chi connectivity index (χ2n) is 7.52. The molecule has 2 aliphatic rings. The number of rotatable bonds is 6. The van der Waals surface area contributed by atoms with Gasteiger partial charge in [-0.05, 0) is 42.6 Å². The Morgan fingerprint density at radius 2 is 2.07 bits per heavy atom. The number of thioether (sulfide) groups is 1. The average molecular weight is 458 g/mol. The lowest BCUT2D eigenvalue weighted by atomic mass is 10.1. The molecule has 3 heterocycles. The number of hydrogen-bond acceptors (Lipinski definition) is 8. The van der Waals surface area contributed by atoms with Gasteiger partial charge in [-0.1, -0.05) is 30.3 Å². The topological polar surface area (TPSA) is 95.2 Å². The molecule has 0 aromatic carbocycles. The average Bonchev–Trinajstić information content (AvgIpc) is 3.26. The Morgan fingerprint density at radius 1 is 1.30 bits per heavy atom. The van der Waals surface area contributed by atoms with Gasteiger partial charge in [-0.25, -0.2) is 14.6 Å². The normalized spacial score (nSPS) is 29.5. The fourth-order valence-corrected chi connectivity index (χ4v) is 5.31. The first-order valence-electron chi connectivity index (χ1n) is 9.31. The van der Waals surface area contributed by atoms with Crippen molar-refractivity contribution in [1.82, 2.24) is 25.0 Å². The van der Waals surface area contributed by atoms with Gasteiger partial charge in [0.1, 0.15) is 10.7 Å². The van der Waals surface area contributed by atoms with Crippen molar-refractivity contribution < 1.29 is 14.6 Å². The molecule has 148 valence electrons. The molecule has 4 atom stereocenters. The highest BCUT2D eigenvalue weighted by Crippen LogP contribution is 2.47. The van der Waals surface area contributed by atoms with Gasteiger partial charge in [-0.2, -0.15) is 0 Å². The predicted octanol–water partition coefficient (Wildman–Crippen LogP) is 2.95. The summed E-state index contributed by atoms with van der Waals surface area (Å²) in [5, 5.41) is 19.1. The van der Waals surface area contributed by atoms with Crippen LogP contribution < -0.4 is 0 Å². The molecule has 2 aromatic rings. The van der Waals surface area contributed by atoms with E-state index in [0.717, 1.165) is 18.6 Å². The highest BCUT2D eigenvalue weighted by Gasteiger charge is 2.55. The van der Waals surface area contributed by atoms with Crippen LogP contribution in [0.5, 0.6) is 0 Å². The second-order valence-corrected chi connectivity index (χ2v) is 9.33. The molecule has 2 aromatic heterocycles. The summed E-state index contributed by atoms with van der Waals surface area (Å²) >= 11 is 5.14. The third-order valence-electron chi connectivity index (χ3n) is 5.09. The third kappa shape index (κ3) is 3.62. The number of aliphatic hydroxyl groups is 1. The first-order chi connectivity index (χ1) is 12.9. The van der Waals surface area contributed by atoms with E-state index in [9.17, 15) is 5.11 Å². The number of unbranched alkanes of at least 4 members (excludes halogenated alkanes) is 1. The molecule has 1 saturated carbocycles. The Labute approximate surface area is 170 Å². The number of halogens is 1. The van der Waals surface area contributed by atoms with E-state index < -0.39 is 5.79 Å². The van der Waals surface area contributed by atoms with Gasteiger partial charge in [-0.3, -0.25) is 0 Å². The van der Waals surface area contributed by atoms with Gasteiger partial charge in [0, 0.05) is 18.3 Å². The Hall–Kier alpha value is -0.810. The van der Waals surface area contributed by atoms with Gasteiger partial charge >= 0.3 is 0 Å². The van der Waals surface area contributed by atoms with Crippen LogP contribution in [0.25, 0.3) is 11.2 Å². The van der Waals surface area contributed by atoms with Crippen LogP contribution in [0.3, 0.4) is 0 Å². The highest BCUT2D eigenvalue weighted by molar-refractivity contribution is 9.10. The Morgan fingerprint density at radius 3 is 2.81 bits per heavy atom. The fraction of sp³-hybridized carbons (Fsp3) is 0.765. The maximum absolute atomic E-state index is 9.80. The zero-order chi connectivity index (χ0) is 19.2. The number of hydrogen-bond donors (Lipinski definition) is 1. The van der Waals surface area contributed by atoms with E-state index in [4.69, 9.17) is 14.5 Å². The van der Waals surface area contributed by atoms with E-state index in [-0.39, 0.29) is 30.8 Å². The number of aromatic nitrogens is 5. The molecular formula is C17H24BrN5O3S. The number of fused-ring (bicyclic) bond motifs is 2. The zero-order valence-electron chi connectivity index (χ0n) is 15.6. The van der Waals surface area contributed by atoms with Gasteiger partial charge < -0.3 is 14.6 Å². The third-order valence-corrected chi connectivity index (χ3v) is 6.58. The van der Waals surface area contributed by atoms with E-state index in [1.54, 1.807) is 11.8 Å². The standard InChI is InChI=1S/C17H24BrN5O3S/c1-4-5-6-27-16-19-14(18)11-15(20-16)23(22-21-11)10-7-9(8-24)12-13(10)26-17(2,3)25-12/h9-10,12-13,24H,4-8H2,1-3H3/t9-,10?,12-,13+/m1/s1. The summed E-state index contributed by atoms with van der Waals surface area (Å²) in [5.41, 5.74) is 1.32. The lowest BCUT2D eigenvalue weighted by Crippen LogP contribution is -2.28. The van der Waals surface area contributed by atoms with Crippen molar-refractivity contribution in [3.63, 3.8) is 0 Å². The van der Waals surface area contributed by atoms with E-state index in [2.05, 4.69) is 38.1 Å². The van der Waals surface area contributed by atoms with Gasteiger partial charge in [0.2, 0.25) is 0 Å². The quantitative estimate of drug-likeness (QED) is 0.306. The van der Waals surface area contributed by atoms with Crippen LogP contribution in [0.2, 0.25) is 0 Å². The maximum Gasteiger partial charge on any atom is 0.190 e. The fourth-order valence-electron chi connectivity index (χ4n) is 3.85. The van der Waals surface area contributed by atoms with Crippen LogP contribution in [-0.2, 0) is 9.47 Å². The van der Waals surface area contributed by atoms with E-state index in [0.29, 0.717) is 27.3 Å². The van der Waals surface area contributed by atoms with Crippen LogP contribution in [-0.4, -0.2) is 60.4 Å². The van der Waals surface area contributed by atoms with Gasteiger partial charge in [0.15, 0.2) is 22.1 Å². The van der Waals surface area contributed by atoms with Gasteiger partial charge in [0.05, 0.1) is 12.1 Å². The van der Waals surface area contributed by atoms with Gasteiger partial charge in [0.25, 0.3) is 0 Å². The highest BCUT2D eigenvalue weighted by atomic mass is 79.9. The molecule has 0 spiro atoms. The second kappa shape index (κ2) is 7.55. The minimum Gasteiger partial charge on any atom is -0.396 e. The summed E-state index contributed by atoms with van der Waals surface area (Å²) in [6, 6.07) is -0.0887. The SMILES string of the molecule is CCCCSc1nc(Br)c2nnn(C3C[C@H](CO)[C@H]4OC(C)(C)O[C@@H]34)c2n1. The van der Waals surface area contributed by atoms with Crippen LogP contribution in [0.1, 0.15) is 46.1 Å². The first-order valence-corrected chi connectivity index (χ1v) is 11.1. The molecule has 4 rings (SSSR count). The predicted molar refractivity (Wildman–Crippen MR) is 105 cm³/mol. The molecule has 27 heavy (non-hydrogen) atoms. The Bertz CT molecular complexity index is 832. The summed E-state index contributed by atoms with van der Waals surface area (Å²) in [4.78, 5) is 9.21. The van der Waals surface area contributed by atoms with Crippen LogP contribution >= 0.6 is 27.7 Å². The molecule has 1 unspecified atom stereocenters. The van der Waals surface area contributed by atoms with Crippen molar-refractivity contribution >= 4 is 38.9 Å². The van der Waals surface area contributed by atoms with Crippen LogP contribution in [0.4, 0.5) is 0 Å². The molecule has 8 nitrogen and oxygen atoms in total. The first kappa shape index (κ1) is 19.5. The molecule has 1 saturated heterocycles. The minimum absolute atomic E-state index is 0.00435. The van der Waals surface area contributed by atoms with Crippen molar-refractivity contribution in [3.05, 3.63) is 4.60 Å².